The van der Waals surface area contributed by atoms with Gasteiger partial charge >= 0.3 is 0 Å². The molecule has 0 fully saturated rings. The van der Waals surface area contributed by atoms with E-state index in [2.05, 4.69) is 10.3 Å². The third kappa shape index (κ3) is 0.635. The van der Waals surface area contributed by atoms with E-state index in [1.807, 2.05) is 12.3 Å². The smallest absolute Gasteiger partial charge is 0.0677 e. The second-order valence-corrected chi connectivity index (χ2v) is 2.43. The summed E-state index contributed by atoms with van der Waals surface area (Å²) in [5.74, 6) is 0. The monoisotopic (exact) mass is 135 g/mol. The summed E-state index contributed by atoms with van der Waals surface area (Å²) in [6, 6.07) is 0. The second kappa shape index (κ2) is 1.87. The molecule has 0 spiro atoms. The molecule has 2 aliphatic rings. The Kier molecular flexibility index (Phi) is 1.03. The third-order valence-corrected chi connectivity index (χ3v) is 1.78. The van der Waals surface area contributed by atoms with Crippen LogP contribution in [0.3, 0.4) is 0 Å². The number of fused-ring (bicyclic) bond motifs is 1. The number of dihydropyridines is 1. The van der Waals surface area contributed by atoms with Gasteiger partial charge in [-0.2, -0.15) is 0 Å². The SMILES string of the molecule is NC1=C2CN=CC=C2NC1. The van der Waals surface area contributed by atoms with Crippen LogP contribution in [0.2, 0.25) is 0 Å². The molecule has 0 saturated heterocycles. The van der Waals surface area contributed by atoms with E-state index in [0.717, 1.165) is 24.5 Å². The fraction of sp³-hybridized carbons (Fsp3) is 0.286. The van der Waals surface area contributed by atoms with Gasteiger partial charge in [-0.3, -0.25) is 4.99 Å². The molecule has 2 heterocycles. The summed E-state index contributed by atoms with van der Waals surface area (Å²) in [4.78, 5) is 4.09. The van der Waals surface area contributed by atoms with Gasteiger partial charge in [0.15, 0.2) is 0 Å². The molecule has 0 aromatic rings. The fourth-order valence-electron chi connectivity index (χ4n) is 1.19. The Hall–Kier alpha value is -1.25. The van der Waals surface area contributed by atoms with Crippen LogP contribution in [0.25, 0.3) is 0 Å². The van der Waals surface area contributed by atoms with Crippen LogP contribution in [0.4, 0.5) is 0 Å². The van der Waals surface area contributed by atoms with Crippen molar-refractivity contribution in [2.24, 2.45) is 10.7 Å². The zero-order chi connectivity index (χ0) is 6.97. The van der Waals surface area contributed by atoms with Crippen molar-refractivity contribution < 1.29 is 0 Å². The Morgan fingerprint density at radius 3 is 3.30 bits per heavy atom. The van der Waals surface area contributed by atoms with Crippen molar-refractivity contribution in [2.75, 3.05) is 13.1 Å². The van der Waals surface area contributed by atoms with E-state index in [-0.39, 0.29) is 0 Å². The third-order valence-electron chi connectivity index (χ3n) is 1.78. The zero-order valence-electron chi connectivity index (χ0n) is 5.59. The average molecular weight is 135 g/mol. The maximum absolute atomic E-state index is 5.69. The topological polar surface area (TPSA) is 50.4 Å². The highest BCUT2D eigenvalue weighted by Gasteiger charge is 2.16. The van der Waals surface area contributed by atoms with Crippen LogP contribution >= 0.6 is 0 Å². The minimum atomic E-state index is 0.741. The van der Waals surface area contributed by atoms with Gasteiger partial charge in [0.05, 0.1) is 13.1 Å². The lowest BCUT2D eigenvalue weighted by Crippen LogP contribution is -2.11. The lowest BCUT2D eigenvalue weighted by Gasteiger charge is -2.05. The number of nitrogens with two attached hydrogens (primary N) is 1. The molecule has 0 aromatic carbocycles. The first-order chi connectivity index (χ1) is 4.88. The lowest BCUT2D eigenvalue weighted by molar-refractivity contribution is 0.938. The maximum Gasteiger partial charge on any atom is 0.0677 e. The number of allylic oxidation sites excluding steroid dienone is 1. The van der Waals surface area contributed by atoms with E-state index in [9.17, 15) is 0 Å². The van der Waals surface area contributed by atoms with Crippen molar-refractivity contribution in [1.82, 2.24) is 5.32 Å². The fourth-order valence-corrected chi connectivity index (χ4v) is 1.19. The standard InChI is InChI=1S/C7H9N3/c8-6-4-10-7-1-2-9-3-5(6)7/h1-2,10H,3-4,8H2. The summed E-state index contributed by atoms with van der Waals surface area (Å²) in [7, 11) is 0. The molecule has 10 heavy (non-hydrogen) atoms. The van der Waals surface area contributed by atoms with Crippen molar-refractivity contribution >= 4 is 6.21 Å². The summed E-state index contributed by atoms with van der Waals surface area (Å²) in [6.45, 7) is 1.52. The average Bonchev–Trinajstić information content (AvgIpc) is 2.34. The van der Waals surface area contributed by atoms with E-state index < -0.39 is 0 Å². The lowest BCUT2D eigenvalue weighted by atomic mass is 10.1. The molecule has 3 heteroatoms. The highest BCUT2D eigenvalue weighted by Crippen LogP contribution is 2.17. The molecule has 52 valence electrons. The minimum absolute atomic E-state index is 0.741. The minimum Gasteiger partial charge on any atom is -0.400 e. The van der Waals surface area contributed by atoms with Gasteiger partial charge in [-0.1, -0.05) is 0 Å². The Balaban J connectivity index is 2.42. The Labute approximate surface area is 59.3 Å². The predicted octanol–water partition coefficient (Wildman–Crippen LogP) is -0.229. The van der Waals surface area contributed by atoms with Crippen molar-refractivity contribution in [3.63, 3.8) is 0 Å². The molecule has 0 atom stereocenters. The molecule has 0 aliphatic carbocycles. The van der Waals surface area contributed by atoms with E-state index in [4.69, 9.17) is 5.73 Å². The van der Waals surface area contributed by atoms with Crippen LogP contribution in [0, 0.1) is 0 Å². The van der Waals surface area contributed by atoms with Crippen LogP contribution in [-0.4, -0.2) is 19.3 Å². The van der Waals surface area contributed by atoms with Crippen LogP contribution < -0.4 is 11.1 Å². The first-order valence-electron chi connectivity index (χ1n) is 3.30. The van der Waals surface area contributed by atoms with Gasteiger partial charge in [0.1, 0.15) is 0 Å². The van der Waals surface area contributed by atoms with Gasteiger partial charge in [-0.25, -0.2) is 0 Å². The van der Waals surface area contributed by atoms with Crippen molar-refractivity contribution in [1.29, 1.82) is 0 Å². The number of rotatable bonds is 0. The van der Waals surface area contributed by atoms with Gasteiger partial charge in [0, 0.05) is 23.2 Å². The molecular formula is C7H9N3. The molecule has 2 aliphatic heterocycles. The highest BCUT2D eigenvalue weighted by molar-refractivity contribution is 5.76. The van der Waals surface area contributed by atoms with Crippen LogP contribution in [-0.2, 0) is 0 Å². The zero-order valence-corrected chi connectivity index (χ0v) is 5.59. The van der Waals surface area contributed by atoms with Crippen molar-refractivity contribution in [2.45, 2.75) is 0 Å². The van der Waals surface area contributed by atoms with Gasteiger partial charge in [-0.15, -0.1) is 0 Å². The van der Waals surface area contributed by atoms with Crippen LogP contribution in [0.5, 0.6) is 0 Å². The van der Waals surface area contributed by atoms with E-state index in [1.54, 1.807) is 0 Å². The van der Waals surface area contributed by atoms with Gasteiger partial charge in [0.25, 0.3) is 0 Å². The van der Waals surface area contributed by atoms with E-state index in [0.29, 0.717) is 0 Å². The second-order valence-electron chi connectivity index (χ2n) is 2.43. The summed E-state index contributed by atoms with van der Waals surface area (Å²) in [5.41, 5.74) is 8.94. The predicted molar refractivity (Wildman–Crippen MR) is 40.7 cm³/mol. The first kappa shape index (κ1) is 5.53. The molecule has 3 N–H and O–H groups in total. The first-order valence-corrected chi connectivity index (χ1v) is 3.30. The molecule has 0 amide bonds. The molecule has 0 radical (unpaired) electrons. The van der Waals surface area contributed by atoms with Gasteiger partial charge in [-0.05, 0) is 6.08 Å². The van der Waals surface area contributed by atoms with Crippen LogP contribution in [0.1, 0.15) is 0 Å². The number of hydrogen-bond acceptors (Lipinski definition) is 3. The molecule has 0 aromatic heterocycles. The molecule has 3 nitrogen and oxygen atoms in total. The maximum atomic E-state index is 5.69. The molecule has 2 rings (SSSR count). The Morgan fingerprint density at radius 2 is 2.50 bits per heavy atom. The Bertz CT molecular complexity index is 248. The highest BCUT2D eigenvalue weighted by atomic mass is 15.0. The number of hydrogen-bond donors (Lipinski definition) is 2. The summed E-state index contributed by atoms with van der Waals surface area (Å²) in [6.07, 6.45) is 3.77. The van der Waals surface area contributed by atoms with Crippen molar-refractivity contribution in [3.8, 4) is 0 Å². The Morgan fingerprint density at radius 1 is 1.60 bits per heavy atom. The summed E-state index contributed by atoms with van der Waals surface area (Å²) >= 11 is 0. The quantitative estimate of drug-likeness (QED) is 0.482. The number of nitrogens with one attached hydrogen (secondary N) is 1. The molecule has 0 unspecified atom stereocenters. The summed E-state index contributed by atoms with van der Waals surface area (Å²) < 4.78 is 0. The van der Waals surface area contributed by atoms with Gasteiger partial charge in [0.2, 0.25) is 0 Å². The van der Waals surface area contributed by atoms with E-state index >= 15 is 0 Å². The largest absolute Gasteiger partial charge is 0.400 e. The van der Waals surface area contributed by atoms with Crippen LogP contribution in [0.15, 0.2) is 28.0 Å². The van der Waals surface area contributed by atoms with E-state index in [1.165, 1.54) is 5.57 Å². The normalized spacial score (nSPS) is 22.2. The number of aliphatic imine (C=N–C) groups is 1. The van der Waals surface area contributed by atoms with Crippen molar-refractivity contribution in [3.05, 3.63) is 23.0 Å². The number of nitrogens with zero attached hydrogens (tertiary/aromatic N) is 1. The molecular weight excluding hydrogens is 126 g/mol. The molecule has 0 bridgehead atoms. The summed E-state index contributed by atoms with van der Waals surface area (Å²) in [5, 5.41) is 3.18. The van der Waals surface area contributed by atoms with Gasteiger partial charge < -0.3 is 11.1 Å². The molecule has 0 saturated carbocycles.